The van der Waals surface area contributed by atoms with E-state index in [4.69, 9.17) is 5.11 Å². The van der Waals surface area contributed by atoms with Crippen molar-refractivity contribution in [1.82, 2.24) is 0 Å². The third kappa shape index (κ3) is 3.62. The van der Waals surface area contributed by atoms with Crippen molar-refractivity contribution >= 4 is 39.3 Å². The molecule has 7 heteroatoms. The normalized spacial score (nSPS) is 10.4. The minimum absolute atomic E-state index is 0.0707. The van der Waals surface area contributed by atoms with Gasteiger partial charge in [0.05, 0.1) is 10.5 Å². The molecule has 0 radical (unpaired) electrons. The molecule has 0 aliphatic heterocycles. The minimum atomic E-state index is -1.01. The second-order valence-corrected chi connectivity index (χ2v) is 6.26. The highest BCUT2D eigenvalue weighted by Gasteiger charge is 2.12. The van der Waals surface area contributed by atoms with Crippen LogP contribution in [0.4, 0.5) is 5.69 Å². The lowest BCUT2D eigenvalue weighted by molar-refractivity contribution is -0.385. The zero-order valence-electron chi connectivity index (χ0n) is 10.9. The molecule has 21 heavy (non-hydrogen) atoms. The number of aryl methyl sites for hydroxylation is 1. The number of halogens is 1. The van der Waals surface area contributed by atoms with Crippen LogP contribution >= 0.6 is 27.7 Å². The number of benzene rings is 2. The van der Waals surface area contributed by atoms with Crippen molar-refractivity contribution < 1.29 is 14.8 Å². The molecule has 0 heterocycles. The summed E-state index contributed by atoms with van der Waals surface area (Å²) in [5.41, 5.74) is 0.820. The highest BCUT2D eigenvalue weighted by molar-refractivity contribution is 9.10. The lowest BCUT2D eigenvalue weighted by Gasteiger charge is -2.06. The molecule has 1 N–H and O–H groups in total. The molecule has 0 aliphatic carbocycles. The number of rotatable bonds is 4. The van der Waals surface area contributed by atoms with Crippen LogP contribution in [0.1, 0.15) is 15.9 Å². The van der Waals surface area contributed by atoms with E-state index in [0.717, 1.165) is 9.79 Å². The summed E-state index contributed by atoms with van der Waals surface area (Å²) in [5, 5.41) is 19.9. The standard InChI is InChI=1S/C14H10BrNO4S/c1-8-6-9(3-5-13(8)16(19)20)21-10-2-4-12(15)11(7-10)14(17)18/h2-7H,1H3,(H,17,18). The third-order valence-electron chi connectivity index (χ3n) is 2.77. The van der Waals surface area contributed by atoms with Gasteiger partial charge in [-0.2, -0.15) is 0 Å². The van der Waals surface area contributed by atoms with E-state index in [-0.39, 0.29) is 11.3 Å². The van der Waals surface area contributed by atoms with Crippen molar-refractivity contribution in [3.8, 4) is 0 Å². The van der Waals surface area contributed by atoms with Crippen LogP contribution in [0.3, 0.4) is 0 Å². The molecular formula is C14H10BrNO4S. The topological polar surface area (TPSA) is 80.4 Å². The summed E-state index contributed by atoms with van der Waals surface area (Å²) < 4.78 is 0.513. The van der Waals surface area contributed by atoms with Crippen molar-refractivity contribution in [2.24, 2.45) is 0 Å². The first-order valence-electron chi connectivity index (χ1n) is 5.84. The summed E-state index contributed by atoms with van der Waals surface area (Å²) in [6.45, 7) is 1.67. The number of nitro benzene ring substituents is 1. The molecule has 0 atom stereocenters. The number of hydrogen-bond acceptors (Lipinski definition) is 4. The molecule has 0 aliphatic rings. The molecule has 0 unspecified atom stereocenters. The molecule has 0 fully saturated rings. The highest BCUT2D eigenvalue weighted by atomic mass is 79.9. The molecule has 2 aromatic rings. The summed E-state index contributed by atoms with van der Waals surface area (Å²) in [7, 11) is 0. The third-order valence-corrected chi connectivity index (χ3v) is 4.44. The van der Waals surface area contributed by atoms with E-state index in [2.05, 4.69) is 15.9 Å². The average molecular weight is 368 g/mol. The quantitative estimate of drug-likeness (QED) is 0.634. The van der Waals surface area contributed by atoms with E-state index in [1.807, 2.05) is 0 Å². The molecule has 5 nitrogen and oxygen atoms in total. The Bertz CT molecular complexity index is 733. The van der Waals surface area contributed by atoms with E-state index in [1.165, 1.54) is 17.8 Å². The first-order chi connectivity index (χ1) is 9.88. The summed E-state index contributed by atoms with van der Waals surface area (Å²) >= 11 is 4.54. The van der Waals surface area contributed by atoms with Gasteiger partial charge in [-0.1, -0.05) is 11.8 Å². The number of carbonyl (C=O) groups is 1. The number of carboxylic acids is 1. The summed E-state index contributed by atoms with van der Waals surface area (Å²) in [6.07, 6.45) is 0. The number of nitrogens with zero attached hydrogens (tertiary/aromatic N) is 1. The maximum absolute atomic E-state index is 11.1. The van der Waals surface area contributed by atoms with E-state index >= 15 is 0 Å². The van der Waals surface area contributed by atoms with Gasteiger partial charge in [0.15, 0.2) is 0 Å². The van der Waals surface area contributed by atoms with Crippen LogP contribution < -0.4 is 0 Å². The Morgan fingerprint density at radius 1 is 1.24 bits per heavy atom. The first kappa shape index (κ1) is 15.5. The van der Waals surface area contributed by atoms with Gasteiger partial charge in [-0.3, -0.25) is 10.1 Å². The zero-order chi connectivity index (χ0) is 15.6. The summed E-state index contributed by atoms with van der Waals surface area (Å²) in [4.78, 5) is 23.0. The molecule has 0 bridgehead atoms. The predicted molar refractivity (Wildman–Crippen MR) is 83.1 cm³/mol. The number of carboxylic acid groups (broad SMARTS) is 1. The van der Waals surface area contributed by atoms with Crippen LogP contribution in [0, 0.1) is 17.0 Å². The lowest BCUT2D eigenvalue weighted by atomic mass is 10.2. The second-order valence-electron chi connectivity index (χ2n) is 4.25. The Hall–Kier alpha value is -1.86. The van der Waals surface area contributed by atoms with Gasteiger partial charge < -0.3 is 5.11 Å². The van der Waals surface area contributed by atoms with E-state index in [9.17, 15) is 14.9 Å². The molecule has 0 aromatic heterocycles. The van der Waals surface area contributed by atoms with Gasteiger partial charge in [-0.25, -0.2) is 4.79 Å². The van der Waals surface area contributed by atoms with E-state index < -0.39 is 10.9 Å². The van der Waals surface area contributed by atoms with E-state index in [1.54, 1.807) is 37.3 Å². The monoisotopic (exact) mass is 367 g/mol. The Morgan fingerprint density at radius 3 is 2.43 bits per heavy atom. The largest absolute Gasteiger partial charge is 0.478 e. The van der Waals surface area contributed by atoms with Crippen LogP contribution in [-0.2, 0) is 0 Å². The minimum Gasteiger partial charge on any atom is -0.478 e. The summed E-state index contributed by atoms with van der Waals surface area (Å²) in [5.74, 6) is -1.01. The Balaban J connectivity index is 2.30. The molecule has 0 saturated carbocycles. The Labute approximate surface area is 133 Å². The SMILES string of the molecule is Cc1cc(Sc2ccc(Br)c(C(=O)O)c2)ccc1[N+](=O)[O-]. The Morgan fingerprint density at radius 2 is 1.86 bits per heavy atom. The fourth-order valence-electron chi connectivity index (χ4n) is 1.76. The van der Waals surface area contributed by atoms with Crippen LogP contribution in [0.2, 0.25) is 0 Å². The van der Waals surface area contributed by atoms with Gasteiger partial charge in [-0.15, -0.1) is 0 Å². The number of nitro groups is 1. The molecule has 0 spiro atoms. The highest BCUT2D eigenvalue weighted by Crippen LogP contribution is 2.33. The fourth-order valence-corrected chi connectivity index (χ4v) is 3.14. The average Bonchev–Trinajstić information content (AvgIpc) is 2.40. The smallest absolute Gasteiger partial charge is 0.336 e. The van der Waals surface area contributed by atoms with Crippen LogP contribution in [0.15, 0.2) is 50.7 Å². The van der Waals surface area contributed by atoms with E-state index in [0.29, 0.717) is 10.0 Å². The maximum Gasteiger partial charge on any atom is 0.336 e. The fraction of sp³-hybridized carbons (Fsp3) is 0.0714. The van der Waals surface area contributed by atoms with Crippen molar-refractivity contribution in [1.29, 1.82) is 0 Å². The predicted octanol–water partition coefficient (Wildman–Crippen LogP) is 4.52. The van der Waals surface area contributed by atoms with Crippen molar-refractivity contribution in [3.05, 3.63) is 62.1 Å². The maximum atomic E-state index is 11.1. The van der Waals surface area contributed by atoms with Crippen molar-refractivity contribution in [2.45, 2.75) is 16.7 Å². The van der Waals surface area contributed by atoms with Gasteiger partial charge in [0.25, 0.3) is 5.69 Å². The molecule has 2 rings (SSSR count). The molecular weight excluding hydrogens is 358 g/mol. The van der Waals surface area contributed by atoms with Crippen LogP contribution in [-0.4, -0.2) is 16.0 Å². The second kappa shape index (κ2) is 6.28. The number of aromatic carboxylic acids is 1. The van der Waals surface area contributed by atoms with Gasteiger partial charge in [0.2, 0.25) is 0 Å². The first-order valence-corrected chi connectivity index (χ1v) is 7.45. The molecule has 108 valence electrons. The number of hydrogen-bond donors (Lipinski definition) is 1. The van der Waals surface area contributed by atoms with Gasteiger partial charge in [0, 0.05) is 25.9 Å². The molecule has 0 amide bonds. The van der Waals surface area contributed by atoms with Gasteiger partial charge in [-0.05, 0) is 53.2 Å². The van der Waals surface area contributed by atoms with Crippen molar-refractivity contribution in [2.75, 3.05) is 0 Å². The van der Waals surface area contributed by atoms with Crippen molar-refractivity contribution in [3.63, 3.8) is 0 Å². The van der Waals surface area contributed by atoms with Crippen LogP contribution in [0.5, 0.6) is 0 Å². The molecule has 0 saturated heterocycles. The summed E-state index contributed by atoms with van der Waals surface area (Å²) in [6, 6.07) is 9.84. The van der Waals surface area contributed by atoms with Gasteiger partial charge >= 0.3 is 5.97 Å². The van der Waals surface area contributed by atoms with Crippen LogP contribution in [0.25, 0.3) is 0 Å². The zero-order valence-corrected chi connectivity index (χ0v) is 13.3. The molecule has 2 aromatic carbocycles. The lowest BCUT2D eigenvalue weighted by Crippen LogP contribution is -1.97. The van der Waals surface area contributed by atoms with Gasteiger partial charge in [0.1, 0.15) is 0 Å². The Kier molecular flexibility index (Phi) is 4.64.